The van der Waals surface area contributed by atoms with Crippen molar-refractivity contribution in [3.8, 4) is 11.5 Å². The maximum atomic E-state index is 11.7. The SMILES string of the molecule is CCOc1cc(/C=N\n2c(=O)cn[nH]c2=S)cc(Br)c1OCC. The van der Waals surface area contributed by atoms with Gasteiger partial charge in [-0.1, -0.05) is 0 Å². The van der Waals surface area contributed by atoms with Gasteiger partial charge in [0.2, 0.25) is 4.77 Å². The Kier molecular flexibility index (Phi) is 6.05. The topological polar surface area (TPSA) is 81.5 Å². The number of aromatic amines is 1. The predicted octanol–water partition coefficient (Wildman–Crippen LogP) is 2.74. The molecule has 1 aromatic heterocycles. The maximum Gasteiger partial charge on any atom is 0.293 e. The molecule has 1 aromatic carbocycles. The van der Waals surface area contributed by atoms with E-state index >= 15 is 0 Å². The minimum absolute atomic E-state index is 0.115. The summed E-state index contributed by atoms with van der Waals surface area (Å²) >= 11 is 8.43. The minimum atomic E-state index is -0.417. The Morgan fingerprint density at radius 3 is 2.78 bits per heavy atom. The Morgan fingerprint density at radius 1 is 1.39 bits per heavy atom. The molecule has 0 saturated heterocycles. The molecule has 0 atom stereocenters. The molecule has 0 saturated carbocycles. The van der Waals surface area contributed by atoms with Gasteiger partial charge in [-0.15, -0.1) is 0 Å². The standard InChI is InChI=1S/C14H15BrN4O3S/c1-3-21-11-6-9(5-10(15)13(11)22-4-2)7-17-19-12(20)8-16-18-14(19)23/h5-8H,3-4H2,1-2H3,(H,18,23)/b17-7-. The third-order valence-electron chi connectivity index (χ3n) is 2.68. The average molecular weight is 399 g/mol. The molecule has 1 heterocycles. The zero-order chi connectivity index (χ0) is 16.8. The number of nitrogens with one attached hydrogen (secondary N) is 1. The highest BCUT2D eigenvalue weighted by Gasteiger charge is 2.11. The van der Waals surface area contributed by atoms with Crippen molar-refractivity contribution in [2.24, 2.45) is 5.10 Å². The molecule has 0 aliphatic rings. The molecule has 2 rings (SSSR count). The van der Waals surface area contributed by atoms with Crippen LogP contribution < -0.4 is 15.0 Å². The summed E-state index contributed by atoms with van der Waals surface area (Å²) < 4.78 is 13.1. The Hall–Kier alpha value is -2.00. The smallest absolute Gasteiger partial charge is 0.293 e. The van der Waals surface area contributed by atoms with Crippen molar-refractivity contribution >= 4 is 34.4 Å². The number of hydrogen-bond acceptors (Lipinski definition) is 6. The van der Waals surface area contributed by atoms with Crippen LogP contribution in [0, 0.1) is 4.77 Å². The largest absolute Gasteiger partial charge is 0.490 e. The normalized spacial score (nSPS) is 10.9. The van der Waals surface area contributed by atoms with Crippen molar-refractivity contribution < 1.29 is 9.47 Å². The van der Waals surface area contributed by atoms with Crippen molar-refractivity contribution in [2.75, 3.05) is 13.2 Å². The van der Waals surface area contributed by atoms with E-state index in [-0.39, 0.29) is 4.77 Å². The van der Waals surface area contributed by atoms with E-state index in [0.717, 1.165) is 20.9 Å². The van der Waals surface area contributed by atoms with Crippen LogP contribution in [0.25, 0.3) is 0 Å². The van der Waals surface area contributed by atoms with E-state index in [9.17, 15) is 4.79 Å². The zero-order valence-electron chi connectivity index (χ0n) is 12.6. The van der Waals surface area contributed by atoms with Crippen LogP contribution >= 0.6 is 28.1 Å². The third kappa shape index (κ3) is 4.26. The first-order valence-corrected chi connectivity index (χ1v) is 8.07. The van der Waals surface area contributed by atoms with E-state index in [1.165, 1.54) is 6.21 Å². The first-order valence-electron chi connectivity index (χ1n) is 6.87. The van der Waals surface area contributed by atoms with E-state index in [2.05, 4.69) is 31.2 Å². The van der Waals surface area contributed by atoms with Gasteiger partial charge in [-0.25, -0.2) is 0 Å². The Balaban J connectivity index is 2.42. The second-order valence-electron chi connectivity index (χ2n) is 4.27. The van der Waals surface area contributed by atoms with Gasteiger partial charge in [0.1, 0.15) is 6.20 Å². The first kappa shape index (κ1) is 17.4. The van der Waals surface area contributed by atoms with E-state index in [1.807, 2.05) is 19.9 Å². The van der Waals surface area contributed by atoms with Crippen LogP contribution in [0.15, 0.2) is 32.7 Å². The van der Waals surface area contributed by atoms with Crippen LogP contribution in [-0.4, -0.2) is 34.3 Å². The van der Waals surface area contributed by atoms with E-state index in [0.29, 0.717) is 24.7 Å². The summed E-state index contributed by atoms with van der Waals surface area (Å²) in [6.07, 6.45) is 2.61. The molecule has 0 aliphatic heterocycles. The highest BCUT2D eigenvalue weighted by atomic mass is 79.9. The lowest BCUT2D eigenvalue weighted by Crippen LogP contribution is -2.18. The molecule has 0 bridgehead atoms. The summed E-state index contributed by atoms with van der Waals surface area (Å²) in [5, 5.41) is 10.2. The molecule has 0 aliphatic carbocycles. The number of rotatable bonds is 6. The van der Waals surface area contributed by atoms with Crippen molar-refractivity contribution in [1.29, 1.82) is 0 Å². The fourth-order valence-electron chi connectivity index (χ4n) is 1.79. The lowest BCUT2D eigenvalue weighted by atomic mass is 10.2. The molecule has 23 heavy (non-hydrogen) atoms. The second kappa shape index (κ2) is 8.02. The number of H-pyrrole nitrogens is 1. The molecule has 0 amide bonds. The monoisotopic (exact) mass is 398 g/mol. The van der Waals surface area contributed by atoms with Crippen LogP contribution in [0.5, 0.6) is 11.5 Å². The summed E-state index contributed by atoms with van der Waals surface area (Å²) in [6, 6.07) is 3.59. The van der Waals surface area contributed by atoms with Gasteiger partial charge in [-0.05, 0) is 59.7 Å². The predicted molar refractivity (Wildman–Crippen MR) is 93.2 cm³/mol. The maximum absolute atomic E-state index is 11.7. The molecule has 7 nitrogen and oxygen atoms in total. The number of nitrogens with zero attached hydrogens (tertiary/aromatic N) is 3. The Labute approximate surface area is 146 Å². The van der Waals surface area contributed by atoms with Crippen LogP contribution in [0.4, 0.5) is 0 Å². The second-order valence-corrected chi connectivity index (χ2v) is 5.51. The van der Waals surface area contributed by atoms with Gasteiger partial charge in [0.25, 0.3) is 5.56 Å². The highest BCUT2D eigenvalue weighted by Crippen LogP contribution is 2.36. The highest BCUT2D eigenvalue weighted by molar-refractivity contribution is 9.10. The summed E-state index contributed by atoms with van der Waals surface area (Å²) in [5.41, 5.74) is 0.307. The molecule has 1 N–H and O–H groups in total. The number of hydrogen-bond donors (Lipinski definition) is 1. The van der Waals surface area contributed by atoms with Gasteiger partial charge >= 0.3 is 0 Å². The molecule has 0 fully saturated rings. The molecule has 0 unspecified atom stereocenters. The minimum Gasteiger partial charge on any atom is -0.490 e. The Morgan fingerprint density at radius 2 is 2.13 bits per heavy atom. The summed E-state index contributed by atoms with van der Waals surface area (Å²) in [7, 11) is 0. The molecular weight excluding hydrogens is 384 g/mol. The lowest BCUT2D eigenvalue weighted by molar-refractivity contribution is 0.286. The van der Waals surface area contributed by atoms with Crippen molar-refractivity contribution in [3.63, 3.8) is 0 Å². The van der Waals surface area contributed by atoms with Gasteiger partial charge in [-0.3, -0.25) is 9.89 Å². The Bertz CT molecular complexity index is 803. The van der Waals surface area contributed by atoms with Crippen molar-refractivity contribution in [2.45, 2.75) is 13.8 Å². The number of benzene rings is 1. The molecule has 0 radical (unpaired) electrons. The fraction of sp³-hybridized carbons (Fsp3) is 0.286. The van der Waals surface area contributed by atoms with Crippen LogP contribution in [0.1, 0.15) is 19.4 Å². The number of aromatic nitrogens is 3. The van der Waals surface area contributed by atoms with Crippen LogP contribution in [-0.2, 0) is 0 Å². The quantitative estimate of drug-likeness (QED) is 0.597. The van der Waals surface area contributed by atoms with Gasteiger partial charge < -0.3 is 9.47 Å². The third-order valence-corrected chi connectivity index (χ3v) is 3.53. The van der Waals surface area contributed by atoms with Gasteiger partial charge in [-0.2, -0.15) is 14.9 Å². The number of halogens is 1. The lowest BCUT2D eigenvalue weighted by Gasteiger charge is -2.13. The molecule has 122 valence electrons. The van der Waals surface area contributed by atoms with Crippen LogP contribution in [0.3, 0.4) is 0 Å². The zero-order valence-corrected chi connectivity index (χ0v) is 15.0. The average Bonchev–Trinajstić information content (AvgIpc) is 2.50. The number of ether oxygens (including phenoxy) is 2. The van der Waals surface area contributed by atoms with Crippen LogP contribution in [0.2, 0.25) is 0 Å². The fourth-order valence-corrected chi connectivity index (χ4v) is 2.55. The van der Waals surface area contributed by atoms with E-state index in [4.69, 9.17) is 21.7 Å². The summed E-state index contributed by atoms with van der Waals surface area (Å²) in [5.74, 6) is 1.22. The van der Waals surface area contributed by atoms with Gasteiger partial charge in [0, 0.05) is 0 Å². The summed E-state index contributed by atoms with van der Waals surface area (Å²) in [6.45, 7) is 4.81. The van der Waals surface area contributed by atoms with Gasteiger partial charge in [0.05, 0.1) is 23.9 Å². The van der Waals surface area contributed by atoms with Gasteiger partial charge in [0.15, 0.2) is 11.5 Å². The van der Waals surface area contributed by atoms with Crippen molar-refractivity contribution in [3.05, 3.63) is 43.5 Å². The van der Waals surface area contributed by atoms with E-state index < -0.39 is 5.56 Å². The van der Waals surface area contributed by atoms with Crippen molar-refractivity contribution in [1.82, 2.24) is 14.9 Å². The summed E-state index contributed by atoms with van der Waals surface area (Å²) in [4.78, 5) is 11.7. The first-order chi connectivity index (χ1) is 11.1. The molecule has 0 spiro atoms. The van der Waals surface area contributed by atoms with E-state index in [1.54, 1.807) is 6.07 Å². The molecule has 9 heteroatoms. The molecular formula is C14H15BrN4O3S. The molecule has 2 aromatic rings.